The minimum absolute atomic E-state index is 0.133. The second-order valence-electron chi connectivity index (χ2n) is 6.82. The fourth-order valence-corrected chi connectivity index (χ4v) is 3.67. The molecular weight excluding hydrogens is 358 g/mol. The molecule has 0 N–H and O–H groups in total. The van der Waals surface area contributed by atoms with Gasteiger partial charge >= 0.3 is 0 Å². The number of aromatic nitrogens is 2. The molecule has 1 fully saturated rings. The second kappa shape index (κ2) is 6.85. The van der Waals surface area contributed by atoms with Crippen LogP contribution >= 0.6 is 0 Å². The van der Waals surface area contributed by atoms with Gasteiger partial charge in [-0.05, 0) is 13.0 Å². The van der Waals surface area contributed by atoms with Gasteiger partial charge in [-0.3, -0.25) is 9.59 Å². The number of piperazine rings is 1. The number of carbonyl (C=O) groups excluding carboxylic acids is 1. The number of nitrogens with zero attached hydrogens (tertiary/aromatic N) is 5. The maximum Gasteiger partial charge on any atom is 0.276 e. The van der Waals surface area contributed by atoms with Crippen LogP contribution in [0.1, 0.15) is 21.8 Å². The van der Waals surface area contributed by atoms with Crippen LogP contribution in [0.3, 0.4) is 0 Å². The van der Waals surface area contributed by atoms with Gasteiger partial charge in [0.05, 0.1) is 11.2 Å². The molecule has 8 heteroatoms. The molecule has 0 saturated carbocycles. The molecule has 4 rings (SSSR count). The standard InChI is InChI=1S/C20H19N5O3/c1-13-11-16(22-28-13)20(27)25-9-7-24(8-10-25)18-14-5-3-4-6-17(14)23(2)19(26)15(18)12-21/h3-6,11H,7-10H2,1-2H3. The summed E-state index contributed by atoms with van der Waals surface area (Å²) in [5.41, 5.74) is 1.53. The van der Waals surface area contributed by atoms with Crippen molar-refractivity contribution in [2.24, 2.45) is 7.05 Å². The highest BCUT2D eigenvalue weighted by Gasteiger charge is 2.27. The second-order valence-corrected chi connectivity index (χ2v) is 6.82. The maximum atomic E-state index is 12.7. The average molecular weight is 377 g/mol. The van der Waals surface area contributed by atoms with Gasteiger partial charge in [-0.25, -0.2) is 0 Å². The lowest BCUT2D eigenvalue weighted by Crippen LogP contribution is -2.49. The van der Waals surface area contributed by atoms with Crippen molar-refractivity contribution in [3.8, 4) is 6.07 Å². The monoisotopic (exact) mass is 377 g/mol. The maximum absolute atomic E-state index is 12.7. The van der Waals surface area contributed by atoms with Crippen molar-refractivity contribution in [2.45, 2.75) is 6.92 Å². The minimum atomic E-state index is -0.312. The summed E-state index contributed by atoms with van der Waals surface area (Å²) < 4.78 is 6.49. The number of nitriles is 1. The van der Waals surface area contributed by atoms with E-state index in [-0.39, 0.29) is 17.0 Å². The van der Waals surface area contributed by atoms with Gasteiger partial charge in [0.15, 0.2) is 5.69 Å². The molecule has 3 aromatic rings. The van der Waals surface area contributed by atoms with Crippen molar-refractivity contribution in [2.75, 3.05) is 31.1 Å². The van der Waals surface area contributed by atoms with E-state index in [1.807, 2.05) is 29.2 Å². The lowest BCUT2D eigenvalue weighted by atomic mass is 10.1. The third-order valence-corrected chi connectivity index (χ3v) is 5.12. The average Bonchev–Trinajstić information content (AvgIpc) is 3.16. The number of rotatable bonds is 2. The summed E-state index contributed by atoms with van der Waals surface area (Å²) >= 11 is 0. The van der Waals surface area contributed by atoms with Crippen LogP contribution in [-0.4, -0.2) is 46.7 Å². The van der Waals surface area contributed by atoms with Gasteiger partial charge in [0.25, 0.3) is 11.5 Å². The topological polar surface area (TPSA) is 95.4 Å². The van der Waals surface area contributed by atoms with Crippen LogP contribution in [0.25, 0.3) is 10.9 Å². The molecule has 0 aliphatic carbocycles. The Balaban J connectivity index is 1.66. The van der Waals surface area contributed by atoms with E-state index in [9.17, 15) is 14.9 Å². The van der Waals surface area contributed by atoms with Crippen LogP contribution in [0.2, 0.25) is 0 Å². The highest BCUT2D eigenvalue weighted by atomic mass is 16.5. The van der Waals surface area contributed by atoms with Crippen molar-refractivity contribution in [3.05, 3.63) is 57.7 Å². The molecule has 1 aromatic carbocycles. The normalized spacial score (nSPS) is 14.3. The van der Waals surface area contributed by atoms with Crippen LogP contribution in [0.15, 0.2) is 39.6 Å². The predicted octanol–water partition coefficient (Wildman–Crippen LogP) is 1.67. The van der Waals surface area contributed by atoms with E-state index in [2.05, 4.69) is 11.2 Å². The van der Waals surface area contributed by atoms with Crippen LogP contribution in [-0.2, 0) is 7.05 Å². The molecular formula is C20H19N5O3. The Morgan fingerprint density at radius 2 is 1.93 bits per heavy atom. The zero-order valence-corrected chi connectivity index (χ0v) is 15.7. The van der Waals surface area contributed by atoms with E-state index >= 15 is 0 Å². The van der Waals surface area contributed by atoms with E-state index in [0.29, 0.717) is 43.3 Å². The van der Waals surface area contributed by atoms with Gasteiger partial charge < -0.3 is 18.9 Å². The summed E-state index contributed by atoms with van der Waals surface area (Å²) in [7, 11) is 1.67. The first-order valence-corrected chi connectivity index (χ1v) is 9.00. The number of amides is 1. The first-order chi connectivity index (χ1) is 13.5. The quantitative estimate of drug-likeness (QED) is 0.674. The Kier molecular flexibility index (Phi) is 4.35. The minimum Gasteiger partial charge on any atom is -0.366 e. The molecule has 28 heavy (non-hydrogen) atoms. The van der Waals surface area contributed by atoms with E-state index in [0.717, 1.165) is 10.9 Å². The van der Waals surface area contributed by atoms with E-state index in [1.54, 1.807) is 24.9 Å². The fourth-order valence-electron chi connectivity index (χ4n) is 3.67. The number of hydrogen-bond acceptors (Lipinski definition) is 6. The van der Waals surface area contributed by atoms with Gasteiger partial charge in [-0.1, -0.05) is 23.4 Å². The summed E-state index contributed by atoms with van der Waals surface area (Å²) in [6.45, 7) is 3.73. The Labute approximate surface area is 161 Å². The Bertz CT molecular complexity index is 1160. The van der Waals surface area contributed by atoms with Crippen molar-refractivity contribution < 1.29 is 9.32 Å². The molecule has 1 aliphatic rings. The first-order valence-electron chi connectivity index (χ1n) is 9.00. The molecule has 3 heterocycles. The Morgan fingerprint density at radius 3 is 2.57 bits per heavy atom. The SMILES string of the molecule is Cc1cc(C(=O)N2CCN(c3c(C#N)c(=O)n(C)c4ccccc34)CC2)no1. The van der Waals surface area contributed by atoms with Crippen LogP contribution in [0, 0.1) is 18.3 Å². The summed E-state index contributed by atoms with van der Waals surface area (Å²) in [5.74, 6) is 0.415. The van der Waals surface area contributed by atoms with Crippen molar-refractivity contribution in [3.63, 3.8) is 0 Å². The molecule has 8 nitrogen and oxygen atoms in total. The van der Waals surface area contributed by atoms with Crippen molar-refractivity contribution >= 4 is 22.5 Å². The van der Waals surface area contributed by atoms with Gasteiger partial charge in [0.2, 0.25) is 0 Å². The number of benzene rings is 1. The molecule has 0 bridgehead atoms. The number of para-hydroxylation sites is 1. The first kappa shape index (κ1) is 17.8. The van der Waals surface area contributed by atoms with Crippen LogP contribution in [0.5, 0.6) is 0 Å². The van der Waals surface area contributed by atoms with E-state index < -0.39 is 0 Å². The fraction of sp³-hybridized carbons (Fsp3) is 0.300. The molecule has 0 radical (unpaired) electrons. The molecule has 2 aromatic heterocycles. The number of fused-ring (bicyclic) bond motifs is 1. The number of aryl methyl sites for hydroxylation is 2. The van der Waals surface area contributed by atoms with Crippen LogP contribution in [0.4, 0.5) is 5.69 Å². The molecule has 1 aliphatic heterocycles. The molecule has 1 saturated heterocycles. The number of hydrogen-bond donors (Lipinski definition) is 0. The Morgan fingerprint density at radius 1 is 1.21 bits per heavy atom. The summed E-state index contributed by atoms with van der Waals surface area (Å²) in [6, 6.07) is 11.2. The molecule has 0 unspecified atom stereocenters. The third-order valence-electron chi connectivity index (χ3n) is 5.12. The Hall–Kier alpha value is -3.60. The number of anilines is 1. The summed E-state index contributed by atoms with van der Waals surface area (Å²) in [5, 5.41) is 14.3. The van der Waals surface area contributed by atoms with E-state index in [1.165, 1.54) is 4.57 Å². The van der Waals surface area contributed by atoms with Crippen molar-refractivity contribution in [1.29, 1.82) is 5.26 Å². The zero-order chi connectivity index (χ0) is 19.8. The summed E-state index contributed by atoms with van der Waals surface area (Å²) in [4.78, 5) is 29.0. The van der Waals surface area contributed by atoms with Gasteiger partial charge in [-0.2, -0.15) is 5.26 Å². The summed E-state index contributed by atoms with van der Waals surface area (Å²) in [6.07, 6.45) is 0. The highest BCUT2D eigenvalue weighted by molar-refractivity contribution is 5.95. The largest absolute Gasteiger partial charge is 0.366 e. The van der Waals surface area contributed by atoms with Crippen molar-refractivity contribution in [1.82, 2.24) is 14.6 Å². The third kappa shape index (κ3) is 2.81. The van der Waals surface area contributed by atoms with Gasteiger partial charge in [0.1, 0.15) is 17.4 Å². The lowest BCUT2D eigenvalue weighted by Gasteiger charge is -2.36. The number of carbonyl (C=O) groups is 1. The van der Waals surface area contributed by atoms with Crippen LogP contribution < -0.4 is 10.5 Å². The molecule has 0 spiro atoms. The van der Waals surface area contributed by atoms with Gasteiger partial charge in [-0.15, -0.1) is 0 Å². The van der Waals surface area contributed by atoms with Gasteiger partial charge in [0, 0.05) is 44.7 Å². The number of pyridine rings is 1. The lowest BCUT2D eigenvalue weighted by molar-refractivity contribution is 0.0736. The zero-order valence-electron chi connectivity index (χ0n) is 15.7. The molecule has 1 amide bonds. The highest BCUT2D eigenvalue weighted by Crippen LogP contribution is 2.29. The molecule has 142 valence electrons. The van der Waals surface area contributed by atoms with E-state index in [4.69, 9.17) is 4.52 Å². The predicted molar refractivity (Wildman–Crippen MR) is 103 cm³/mol. The molecule has 0 atom stereocenters. The smallest absolute Gasteiger partial charge is 0.276 e.